The van der Waals surface area contributed by atoms with Gasteiger partial charge in [0.05, 0.1) is 0 Å². The van der Waals surface area contributed by atoms with Gasteiger partial charge in [-0.1, -0.05) is 54.1 Å². The molecule has 1 aliphatic rings. The van der Waals surface area contributed by atoms with Crippen LogP contribution in [0.15, 0.2) is 48.5 Å². The Morgan fingerprint density at radius 1 is 0.958 bits per heavy atom. The largest absolute Gasteiger partial charge is 0.473 e. The van der Waals surface area contributed by atoms with E-state index in [4.69, 9.17) is 31.4 Å². The number of aliphatic carboxylic acids is 2. The predicted octanol–water partition coefficient (Wildman–Crippen LogP) is 3.05. The van der Waals surface area contributed by atoms with E-state index in [1.807, 2.05) is 12.1 Å². The summed E-state index contributed by atoms with van der Waals surface area (Å²) >= 11 is 6.22. The van der Waals surface area contributed by atoms with Gasteiger partial charge in [0.1, 0.15) is 0 Å². The van der Waals surface area contributed by atoms with Crippen LogP contribution in [-0.2, 0) is 29.1 Å². The molecule has 0 fully saturated rings. The normalized spacial score (nSPS) is 13.4. The number of rotatable bonds is 2. The Bertz CT molecular complexity index is 720. The van der Waals surface area contributed by atoms with E-state index in [0.717, 1.165) is 31.1 Å². The molecule has 0 aliphatic carbocycles. The molecule has 1 heterocycles. The molecule has 1 aliphatic heterocycles. The zero-order chi connectivity index (χ0) is 17.5. The molecule has 0 bridgehead atoms. The average molecular weight is 348 g/mol. The smallest absolute Gasteiger partial charge is 0.414 e. The van der Waals surface area contributed by atoms with Crippen LogP contribution in [0.2, 0.25) is 5.02 Å². The fourth-order valence-corrected chi connectivity index (χ4v) is 2.75. The molecule has 2 aromatic carbocycles. The summed E-state index contributed by atoms with van der Waals surface area (Å²) in [6.45, 7) is 3.08. The molecule has 0 spiro atoms. The first-order chi connectivity index (χ1) is 11.5. The molecule has 3 rings (SSSR count). The van der Waals surface area contributed by atoms with Crippen LogP contribution in [0.3, 0.4) is 0 Å². The van der Waals surface area contributed by atoms with E-state index >= 15 is 0 Å². The monoisotopic (exact) mass is 347 g/mol. The first-order valence-electron chi connectivity index (χ1n) is 7.46. The van der Waals surface area contributed by atoms with Gasteiger partial charge in [0.15, 0.2) is 0 Å². The first-order valence-corrected chi connectivity index (χ1v) is 7.84. The number of carbonyl (C=O) groups is 2. The van der Waals surface area contributed by atoms with Gasteiger partial charge in [0.25, 0.3) is 0 Å². The maximum absolute atomic E-state index is 9.10. The van der Waals surface area contributed by atoms with Crippen molar-refractivity contribution in [2.75, 3.05) is 6.54 Å². The van der Waals surface area contributed by atoms with Gasteiger partial charge in [-0.2, -0.15) is 0 Å². The summed E-state index contributed by atoms with van der Waals surface area (Å²) < 4.78 is 0. The van der Waals surface area contributed by atoms with Crippen molar-refractivity contribution < 1.29 is 19.8 Å². The van der Waals surface area contributed by atoms with Crippen LogP contribution in [0.4, 0.5) is 0 Å². The van der Waals surface area contributed by atoms with Crippen molar-refractivity contribution in [2.45, 2.75) is 19.5 Å². The van der Waals surface area contributed by atoms with Gasteiger partial charge in [0, 0.05) is 24.7 Å². The molecule has 0 saturated heterocycles. The highest BCUT2D eigenvalue weighted by molar-refractivity contribution is 6.31. The highest BCUT2D eigenvalue weighted by Gasteiger charge is 2.16. The first kappa shape index (κ1) is 18.0. The Balaban J connectivity index is 0.000000301. The van der Waals surface area contributed by atoms with Crippen LogP contribution >= 0.6 is 11.6 Å². The van der Waals surface area contributed by atoms with Gasteiger partial charge in [0.2, 0.25) is 0 Å². The molecule has 2 aromatic rings. The van der Waals surface area contributed by atoms with E-state index in [9.17, 15) is 0 Å². The van der Waals surface area contributed by atoms with Crippen molar-refractivity contribution in [3.8, 4) is 0 Å². The Labute approximate surface area is 145 Å². The molecule has 0 atom stereocenters. The van der Waals surface area contributed by atoms with Gasteiger partial charge in [-0.05, 0) is 29.2 Å². The summed E-state index contributed by atoms with van der Waals surface area (Å²) in [7, 11) is 0. The summed E-state index contributed by atoms with van der Waals surface area (Å²) in [6, 6.07) is 16.8. The van der Waals surface area contributed by atoms with Gasteiger partial charge in [-0.3, -0.25) is 4.90 Å². The molecule has 0 aromatic heterocycles. The number of nitrogens with zero attached hydrogens (tertiary/aromatic N) is 1. The lowest BCUT2D eigenvalue weighted by Crippen LogP contribution is -2.30. The van der Waals surface area contributed by atoms with Gasteiger partial charge >= 0.3 is 11.9 Å². The van der Waals surface area contributed by atoms with E-state index in [2.05, 4.69) is 41.3 Å². The van der Waals surface area contributed by atoms with E-state index < -0.39 is 11.9 Å². The van der Waals surface area contributed by atoms with E-state index in [1.165, 1.54) is 16.7 Å². The Hall–Kier alpha value is -2.37. The summed E-state index contributed by atoms with van der Waals surface area (Å²) in [6.07, 6.45) is 1.14. The summed E-state index contributed by atoms with van der Waals surface area (Å²) in [4.78, 5) is 20.7. The average Bonchev–Trinajstić information content (AvgIpc) is 2.57. The fourth-order valence-electron chi connectivity index (χ4n) is 2.56. The molecule has 126 valence electrons. The van der Waals surface area contributed by atoms with Crippen molar-refractivity contribution >= 4 is 23.5 Å². The third-order valence-electron chi connectivity index (χ3n) is 3.74. The Kier molecular flexibility index (Phi) is 6.35. The minimum atomic E-state index is -1.82. The number of hydrogen-bond acceptors (Lipinski definition) is 3. The minimum Gasteiger partial charge on any atom is -0.473 e. The number of fused-ring (bicyclic) bond motifs is 1. The highest BCUT2D eigenvalue weighted by Crippen LogP contribution is 2.22. The molecular formula is C18H18ClNO4. The Morgan fingerprint density at radius 3 is 2.17 bits per heavy atom. The van der Waals surface area contributed by atoms with Crippen molar-refractivity contribution in [3.63, 3.8) is 0 Å². The maximum atomic E-state index is 9.10. The molecule has 0 radical (unpaired) electrons. The summed E-state index contributed by atoms with van der Waals surface area (Å²) in [5, 5.41) is 15.7. The number of benzene rings is 2. The van der Waals surface area contributed by atoms with Gasteiger partial charge in [-0.25, -0.2) is 9.59 Å². The van der Waals surface area contributed by atoms with Crippen LogP contribution in [0.1, 0.15) is 16.7 Å². The second-order valence-corrected chi connectivity index (χ2v) is 5.84. The standard InChI is InChI=1S/C16H16ClN.C2H2O4/c17-16-8-4-3-7-15(16)12-18-10-9-13-5-1-2-6-14(13)11-18;3-1(4)2(5)6/h1-8H,9-12H2;(H,3,4)(H,5,6). The van der Waals surface area contributed by atoms with Gasteiger partial charge in [-0.15, -0.1) is 0 Å². The molecule has 0 amide bonds. The molecule has 2 N–H and O–H groups in total. The minimum absolute atomic E-state index is 0.872. The number of hydrogen-bond donors (Lipinski definition) is 2. The number of carboxylic acid groups (broad SMARTS) is 2. The second-order valence-electron chi connectivity index (χ2n) is 5.43. The van der Waals surface area contributed by atoms with Crippen LogP contribution in [0, 0.1) is 0 Å². The summed E-state index contributed by atoms with van der Waals surface area (Å²) in [5.41, 5.74) is 4.17. The van der Waals surface area contributed by atoms with E-state index in [1.54, 1.807) is 0 Å². The van der Waals surface area contributed by atoms with Crippen LogP contribution in [-0.4, -0.2) is 33.6 Å². The van der Waals surface area contributed by atoms with Crippen LogP contribution in [0.5, 0.6) is 0 Å². The van der Waals surface area contributed by atoms with Crippen molar-refractivity contribution in [2.24, 2.45) is 0 Å². The lowest BCUT2D eigenvalue weighted by Gasteiger charge is -2.28. The van der Waals surface area contributed by atoms with E-state index in [0.29, 0.717) is 0 Å². The molecular weight excluding hydrogens is 330 g/mol. The zero-order valence-electron chi connectivity index (χ0n) is 13.0. The Morgan fingerprint density at radius 2 is 1.54 bits per heavy atom. The topological polar surface area (TPSA) is 77.8 Å². The number of carboxylic acids is 2. The molecule has 5 nitrogen and oxygen atoms in total. The second kappa shape index (κ2) is 8.47. The van der Waals surface area contributed by atoms with Crippen molar-refractivity contribution in [1.29, 1.82) is 0 Å². The quantitative estimate of drug-likeness (QED) is 0.816. The molecule has 0 unspecified atom stereocenters. The van der Waals surface area contributed by atoms with Gasteiger partial charge < -0.3 is 10.2 Å². The van der Waals surface area contributed by atoms with Crippen LogP contribution in [0.25, 0.3) is 0 Å². The van der Waals surface area contributed by atoms with Crippen LogP contribution < -0.4 is 0 Å². The van der Waals surface area contributed by atoms with Crippen molar-refractivity contribution in [3.05, 3.63) is 70.2 Å². The molecule has 0 saturated carbocycles. The lowest BCUT2D eigenvalue weighted by atomic mass is 9.99. The van der Waals surface area contributed by atoms with E-state index in [-0.39, 0.29) is 0 Å². The maximum Gasteiger partial charge on any atom is 0.414 e. The summed E-state index contributed by atoms with van der Waals surface area (Å²) in [5.74, 6) is -3.65. The SMILES string of the molecule is Clc1ccccc1CN1CCc2ccccc2C1.O=C(O)C(=O)O. The van der Waals surface area contributed by atoms with Crippen molar-refractivity contribution in [1.82, 2.24) is 4.90 Å². The molecule has 6 heteroatoms. The third-order valence-corrected chi connectivity index (χ3v) is 4.11. The predicted molar refractivity (Wildman–Crippen MR) is 91.0 cm³/mol. The third kappa shape index (κ3) is 5.08. The zero-order valence-corrected chi connectivity index (χ0v) is 13.7. The number of halogens is 1. The lowest BCUT2D eigenvalue weighted by molar-refractivity contribution is -0.159. The molecule has 24 heavy (non-hydrogen) atoms. The highest BCUT2D eigenvalue weighted by atomic mass is 35.5. The fraction of sp³-hybridized carbons (Fsp3) is 0.222.